The summed E-state index contributed by atoms with van der Waals surface area (Å²) in [6.45, 7) is 3.79. The molecule has 25 heavy (non-hydrogen) atoms. The van der Waals surface area contributed by atoms with Crippen LogP contribution >= 0.6 is 0 Å². The molecule has 7 heteroatoms. The van der Waals surface area contributed by atoms with Crippen molar-refractivity contribution >= 4 is 16.8 Å². The molecule has 0 spiro atoms. The van der Waals surface area contributed by atoms with E-state index in [0.29, 0.717) is 19.0 Å². The van der Waals surface area contributed by atoms with Gasteiger partial charge in [0.2, 0.25) is 5.91 Å². The SMILES string of the molecule is CC(=O)N1CCC[C@H]1Cn1c(C(F)(F)F)cc(=O)c2cc(C)ccc21. The van der Waals surface area contributed by atoms with Crippen molar-refractivity contribution in [3.8, 4) is 0 Å². The van der Waals surface area contributed by atoms with E-state index in [9.17, 15) is 22.8 Å². The number of rotatable bonds is 2. The van der Waals surface area contributed by atoms with Gasteiger partial charge < -0.3 is 9.47 Å². The van der Waals surface area contributed by atoms with Crippen molar-refractivity contribution in [3.05, 3.63) is 45.7 Å². The van der Waals surface area contributed by atoms with E-state index in [2.05, 4.69) is 0 Å². The third-order valence-corrected chi connectivity index (χ3v) is 4.73. The summed E-state index contributed by atoms with van der Waals surface area (Å²) < 4.78 is 41.7. The summed E-state index contributed by atoms with van der Waals surface area (Å²) in [5.41, 5.74) is -0.552. The lowest BCUT2D eigenvalue weighted by atomic mass is 10.1. The molecular weight excluding hydrogens is 333 g/mol. The molecule has 2 aromatic rings. The van der Waals surface area contributed by atoms with Crippen molar-refractivity contribution < 1.29 is 18.0 Å². The second kappa shape index (κ2) is 6.20. The van der Waals surface area contributed by atoms with Crippen LogP contribution in [0.25, 0.3) is 10.9 Å². The predicted molar refractivity (Wildman–Crippen MR) is 88.4 cm³/mol. The molecule has 0 N–H and O–H groups in total. The summed E-state index contributed by atoms with van der Waals surface area (Å²) >= 11 is 0. The van der Waals surface area contributed by atoms with Crippen LogP contribution in [0.2, 0.25) is 0 Å². The molecule has 1 saturated heterocycles. The fraction of sp³-hybridized carbons (Fsp3) is 0.444. The van der Waals surface area contributed by atoms with Crippen molar-refractivity contribution in [1.29, 1.82) is 0 Å². The Labute approximate surface area is 142 Å². The number of fused-ring (bicyclic) bond motifs is 1. The Balaban J connectivity index is 2.19. The predicted octanol–water partition coefficient (Wildman–Crippen LogP) is 3.34. The number of carbonyl (C=O) groups excluding carboxylic acids is 1. The number of carbonyl (C=O) groups is 1. The second-order valence-electron chi connectivity index (χ2n) is 6.53. The van der Waals surface area contributed by atoms with Gasteiger partial charge in [-0.25, -0.2) is 0 Å². The van der Waals surface area contributed by atoms with Gasteiger partial charge in [0, 0.05) is 37.5 Å². The van der Waals surface area contributed by atoms with E-state index in [-0.39, 0.29) is 29.4 Å². The van der Waals surface area contributed by atoms with Crippen LogP contribution in [0.1, 0.15) is 31.0 Å². The Kier molecular flexibility index (Phi) is 4.34. The van der Waals surface area contributed by atoms with E-state index in [1.807, 2.05) is 0 Å². The average molecular weight is 352 g/mol. The Bertz CT molecular complexity index is 886. The zero-order chi connectivity index (χ0) is 18.4. The normalized spacial score (nSPS) is 18.1. The lowest BCUT2D eigenvalue weighted by Crippen LogP contribution is -2.38. The van der Waals surface area contributed by atoms with Crippen LogP contribution in [0.4, 0.5) is 13.2 Å². The van der Waals surface area contributed by atoms with Crippen molar-refractivity contribution in [3.63, 3.8) is 0 Å². The minimum atomic E-state index is -4.64. The smallest absolute Gasteiger partial charge is 0.338 e. The maximum absolute atomic E-state index is 13.5. The fourth-order valence-electron chi connectivity index (χ4n) is 3.57. The van der Waals surface area contributed by atoms with Gasteiger partial charge >= 0.3 is 6.18 Å². The Morgan fingerprint density at radius 2 is 2.00 bits per heavy atom. The van der Waals surface area contributed by atoms with Crippen LogP contribution < -0.4 is 5.43 Å². The Morgan fingerprint density at radius 1 is 1.28 bits per heavy atom. The first kappa shape index (κ1) is 17.5. The summed E-state index contributed by atoms with van der Waals surface area (Å²) in [6, 6.07) is 5.20. The number of pyridine rings is 1. The third kappa shape index (κ3) is 3.27. The van der Waals surface area contributed by atoms with Crippen LogP contribution in [0.5, 0.6) is 0 Å². The molecule has 1 amide bonds. The second-order valence-corrected chi connectivity index (χ2v) is 6.53. The number of halogens is 3. The number of nitrogens with zero attached hydrogens (tertiary/aromatic N) is 2. The summed E-state index contributed by atoms with van der Waals surface area (Å²) in [6.07, 6.45) is -3.23. The van der Waals surface area contributed by atoms with Crippen molar-refractivity contribution in [2.24, 2.45) is 0 Å². The first-order chi connectivity index (χ1) is 11.7. The fourth-order valence-corrected chi connectivity index (χ4v) is 3.57. The minimum Gasteiger partial charge on any atom is -0.338 e. The topological polar surface area (TPSA) is 42.3 Å². The van der Waals surface area contributed by atoms with E-state index < -0.39 is 17.3 Å². The standard InChI is InChI=1S/C18H19F3N2O2/c1-11-5-6-15-14(8-11)16(25)9-17(18(19,20)21)23(15)10-13-4-3-7-22(13)12(2)24/h5-6,8-9,13H,3-4,7,10H2,1-2H3/t13-/m0/s1. The maximum atomic E-state index is 13.5. The lowest BCUT2D eigenvalue weighted by Gasteiger charge is -2.27. The lowest BCUT2D eigenvalue weighted by molar-refractivity contribution is -0.144. The molecule has 1 fully saturated rings. The number of hydrogen-bond donors (Lipinski definition) is 0. The molecule has 1 atom stereocenters. The largest absolute Gasteiger partial charge is 0.431 e. The molecule has 0 aliphatic carbocycles. The molecule has 1 aliphatic rings. The Morgan fingerprint density at radius 3 is 2.64 bits per heavy atom. The van der Waals surface area contributed by atoms with Gasteiger partial charge in [0.25, 0.3) is 0 Å². The molecular formula is C18H19F3N2O2. The number of amides is 1. The number of alkyl halides is 3. The van der Waals surface area contributed by atoms with Gasteiger partial charge in [-0.2, -0.15) is 13.2 Å². The van der Waals surface area contributed by atoms with Gasteiger partial charge in [-0.15, -0.1) is 0 Å². The number of likely N-dealkylation sites (tertiary alicyclic amines) is 1. The van der Waals surface area contributed by atoms with Crippen molar-refractivity contribution in [2.75, 3.05) is 6.54 Å². The molecule has 0 radical (unpaired) electrons. The molecule has 2 heterocycles. The van der Waals surface area contributed by atoms with E-state index in [1.165, 1.54) is 6.92 Å². The van der Waals surface area contributed by atoms with Crippen LogP contribution in [0, 0.1) is 6.92 Å². The van der Waals surface area contributed by atoms with Crippen LogP contribution in [0.3, 0.4) is 0 Å². The quantitative estimate of drug-likeness (QED) is 0.832. The van der Waals surface area contributed by atoms with E-state index >= 15 is 0 Å². The molecule has 1 aliphatic heterocycles. The van der Waals surface area contributed by atoms with Crippen LogP contribution in [0.15, 0.2) is 29.1 Å². The summed E-state index contributed by atoms with van der Waals surface area (Å²) in [5.74, 6) is -0.141. The highest BCUT2D eigenvalue weighted by Crippen LogP contribution is 2.32. The molecule has 1 aromatic carbocycles. The van der Waals surface area contributed by atoms with Gasteiger partial charge in [-0.1, -0.05) is 11.6 Å². The average Bonchev–Trinajstić information content (AvgIpc) is 2.97. The van der Waals surface area contributed by atoms with E-state index in [0.717, 1.165) is 16.6 Å². The Hall–Kier alpha value is -2.31. The summed E-state index contributed by atoms with van der Waals surface area (Å²) in [5, 5.41) is 0.264. The number of benzene rings is 1. The van der Waals surface area contributed by atoms with E-state index in [1.54, 1.807) is 30.0 Å². The van der Waals surface area contributed by atoms with Crippen LogP contribution in [-0.2, 0) is 17.5 Å². The van der Waals surface area contributed by atoms with Gasteiger partial charge in [-0.05, 0) is 31.9 Å². The number of hydrogen-bond acceptors (Lipinski definition) is 2. The zero-order valence-corrected chi connectivity index (χ0v) is 14.1. The molecule has 134 valence electrons. The van der Waals surface area contributed by atoms with Gasteiger partial charge in [0.15, 0.2) is 5.43 Å². The van der Waals surface area contributed by atoms with Crippen LogP contribution in [-0.4, -0.2) is 28.0 Å². The molecule has 4 nitrogen and oxygen atoms in total. The van der Waals surface area contributed by atoms with Gasteiger partial charge in [-0.3, -0.25) is 9.59 Å². The molecule has 0 unspecified atom stereocenters. The first-order valence-electron chi connectivity index (χ1n) is 8.17. The summed E-state index contributed by atoms with van der Waals surface area (Å²) in [7, 11) is 0. The maximum Gasteiger partial charge on any atom is 0.431 e. The molecule has 0 bridgehead atoms. The zero-order valence-electron chi connectivity index (χ0n) is 14.1. The van der Waals surface area contributed by atoms with E-state index in [4.69, 9.17) is 0 Å². The van der Waals surface area contributed by atoms with Crippen molar-refractivity contribution in [2.45, 2.75) is 45.5 Å². The number of aromatic nitrogens is 1. The van der Waals surface area contributed by atoms with Crippen molar-refractivity contribution in [1.82, 2.24) is 9.47 Å². The minimum absolute atomic E-state index is 0.0221. The molecule has 1 aromatic heterocycles. The highest BCUT2D eigenvalue weighted by molar-refractivity contribution is 5.80. The number of aryl methyl sites for hydroxylation is 1. The summed E-state index contributed by atoms with van der Waals surface area (Å²) in [4.78, 5) is 25.5. The molecule has 0 saturated carbocycles. The highest BCUT2D eigenvalue weighted by atomic mass is 19.4. The highest BCUT2D eigenvalue weighted by Gasteiger charge is 2.37. The van der Waals surface area contributed by atoms with Gasteiger partial charge in [0.05, 0.1) is 5.52 Å². The third-order valence-electron chi connectivity index (χ3n) is 4.73. The first-order valence-corrected chi connectivity index (χ1v) is 8.17. The van der Waals surface area contributed by atoms with Gasteiger partial charge in [0.1, 0.15) is 5.69 Å². The monoisotopic (exact) mass is 352 g/mol. The molecule has 3 rings (SSSR count).